The number of ketones is 2. The highest BCUT2D eigenvalue weighted by molar-refractivity contribution is 7.48. The molecule has 0 spiro atoms. The fraction of sp³-hybridized carbons (Fsp3) is 0.200. The molecule has 0 heterocycles. The first-order valence-electron chi connectivity index (χ1n) is 9.80. The predicted molar refractivity (Wildman–Crippen MR) is 119 cm³/mol. The Hall–Kier alpha value is -2.94. The van der Waals surface area contributed by atoms with E-state index in [9.17, 15) is 14.2 Å². The fourth-order valence-corrected chi connectivity index (χ4v) is 4.46. The highest BCUT2D eigenvalue weighted by Crippen LogP contribution is 2.28. The van der Waals surface area contributed by atoms with Crippen molar-refractivity contribution in [3.63, 3.8) is 0 Å². The number of hydrogen-bond donors (Lipinski definition) is 0. The van der Waals surface area contributed by atoms with Crippen molar-refractivity contribution in [1.82, 2.24) is 0 Å². The van der Waals surface area contributed by atoms with Crippen LogP contribution in [0.2, 0.25) is 0 Å². The molecule has 30 heavy (non-hydrogen) atoms. The predicted octanol–water partition coefficient (Wildman–Crippen LogP) is 5.48. The first kappa shape index (κ1) is 21.8. The summed E-state index contributed by atoms with van der Waals surface area (Å²) in [5.74, 6) is -0.256. The second kappa shape index (κ2) is 9.25. The average molecular weight is 419 g/mol. The molecule has 152 valence electrons. The molecule has 0 amide bonds. The van der Waals surface area contributed by atoms with Gasteiger partial charge >= 0.3 is 8.03 Å². The Kier molecular flexibility index (Phi) is 6.71. The van der Waals surface area contributed by atoms with Gasteiger partial charge in [-0.2, -0.15) is 0 Å². The van der Waals surface area contributed by atoms with Crippen molar-refractivity contribution in [2.24, 2.45) is 0 Å². The molecule has 0 aliphatic carbocycles. The lowest BCUT2D eigenvalue weighted by atomic mass is 9.86. The first-order chi connectivity index (χ1) is 14.3. The maximum absolute atomic E-state index is 13.3. The van der Waals surface area contributed by atoms with Crippen LogP contribution in [-0.4, -0.2) is 18.2 Å². The third kappa shape index (κ3) is 4.30. The Bertz CT molecular complexity index is 1120. The van der Waals surface area contributed by atoms with E-state index in [1.165, 1.54) is 0 Å². The quantitative estimate of drug-likeness (QED) is 0.376. The number of aryl methyl sites for hydroxylation is 2. The smallest absolute Gasteiger partial charge is 0.289 e. The maximum Gasteiger partial charge on any atom is 0.548 e. The van der Waals surface area contributed by atoms with E-state index in [1.54, 1.807) is 43.3 Å². The van der Waals surface area contributed by atoms with Gasteiger partial charge in [0.15, 0.2) is 11.6 Å². The van der Waals surface area contributed by atoms with Crippen LogP contribution in [0.4, 0.5) is 0 Å². The third-order valence-electron chi connectivity index (χ3n) is 5.05. The number of carbonyl (C=O) groups excluding carboxylic acids is 2. The number of rotatable bonds is 7. The summed E-state index contributed by atoms with van der Waals surface area (Å²) < 4.78 is 17.1. The molecule has 0 fully saturated rings. The zero-order valence-electron chi connectivity index (χ0n) is 17.6. The van der Waals surface area contributed by atoms with E-state index >= 15 is 0 Å². The van der Waals surface area contributed by atoms with Crippen molar-refractivity contribution in [3.05, 3.63) is 99.6 Å². The Morgan fingerprint density at radius 3 is 1.80 bits per heavy atom. The minimum atomic E-state index is -1.92. The summed E-state index contributed by atoms with van der Waals surface area (Å²) >= 11 is 0. The highest BCUT2D eigenvalue weighted by atomic mass is 31.1. The molecule has 1 atom stereocenters. The van der Waals surface area contributed by atoms with E-state index in [4.69, 9.17) is 4.52 Å². The minimum absolute atomic E-state index is 0.0938. The van der Waals surface area contributed by atoms with Crippen LogP contribution in [0.3, 0.4) is 0 Å². The van der Waals surface area contributed by atoms with Crippen LogP contribution in [0.1, 0.15) is 55.5 Å². The van der Waals surface area contributed by atoms with Gasteiger partial charge < -0.3 is 0 Å². The summed E-state index contributed by atoms with van der Waals surface area (Å²) in [5, 5.41) is 0.542. The van der Waals surface area contributed by atoms with Crippen molar-refractivity contribution in [1.29, 1.82) is 0 Å². The summed E-state index contributed by atoms with van der Waals surface area (Å²) in [6.45, 7) is 7.73. The third-order valence-corrected chi connectivity index (χ3v) is 6.26. The number of hydrogen-bond acceptors (Lipinski definition) is 4. The van der Waals surface area contributed by atoms with Crippen LogP contribution in [-0.2, 0) is 9.09 Å². The zero-order valence-corrected chi connectivity index (χ0v) is 18.5. The molecule has 3 rings (SSSR count). The lowest BCUT2D eigenvalue weighted by Gasteiger charge is -2.16. The van der Waals surface area contributed by atoms with Crippen LogP contribution in [0.5, 0.6) is 0 Å². The van der Waals surface area contributed by atoms with Gasteiger partial charge in [-0.3, -0.25) is 9.59 Å². The Morgan fingerprint density at radius 1 is 0.800 bits per heavy atom. The van der Waals surface area contributed by atoms with Gasteiger partial charge in [-0.05, 0) is 73.2 Å². The van der Waals surface area contributed by atoms with Gasteiger partial charge in [0.05, 0.1) is 0 Å². The minimum Gasteiger partial charge on any atom is -0.289 e. The van der Waals surface area contributed by atoms with E-state index in [0.29, 0.717) is 39.7 Å². The molecule has 0 aliphatic rings. The Balaban J connectivity index is 2.03. The van der Waals surface area contributed by atoms with Gasteiger partial charge in [-0.1, -0.05) is 36.4 Å². The first-order valence-corrected chi connectivity index (χ1v) is 11.0. The van der Waals surface area contributed by atoms with Crippen LogP contribution >= 0.6 is 8.03 Å². The van der Waals surface area contributed by atoms with E-state index in [1.807, 2.05) is 45.0 Å². The number of benzene rings is 3. The molecule has 0 bridgehead atoms. The van der Waals surface area contributed by atoms with E-state index in [0.717, 1.165) is 11.1 Å². The molecule has 0 N–H and O–H groups in total. The highest BCUT2D eigenvalue weighted by Gasteiger charge is 2.25. The van der Waals surface area contributed by atoms with Crippen molar-refractivity contribution in [3.8, 4) is 0 Å². The second-order valence-electron chi connectivity index (χ2n) is 7.13. The van der Waals surface area contributed by atoms with Gasteiger partial charge in [0.25, 0.3) is 0 Å². The number of carbonyl (C=O) groups is 2. The molecule has 0 aliphatic heterocycles. The molecule has 3 aromatic carbocycles. The second-order valence-corrected chi connectivity index (χ2v) is 8.42. The largest absolute Gasteiger partial charge is 0.548 e. The monoisotopic (exact) mass is 419 g/mol. The van der Waals surface area contributed by atoms with Gasteiger partial charge in [0, 0.05) is 22.3 Å². The van der Waals surface area contributed by atoms with E-state index in [2.05, 4.69) is 0 Å². The summed E-state index contributed by atoms with van der Waals surface area (Å²) in [5.41, 5.74) is 4.51. The molecule has 0 saturated carbocycles. The normalized spacial score (nSPS) is 11.3. The van der Waals surface area contributed by atoms with Crippen molar-refractivity contribution >= 4 is 24.9 Å². The van der Waals surface area contributed by atoms with E-state index in [-0.39, 0.29) is 11.6 Å². The van der Waals surface area contributed by atoms with Crippen LogP contribution in [0.25, 0.3) is 0 Å². The lowest BCUT2D eigenvalue weighted by molar-refractivity contribution is 0.103. The van der Waals surface area contributed by atoms with Gasteiger partial charge in [0.2, 0.25) is 5.30 Å². The van der Waals surface area contributed by atoms with E-state index < -0.39 is 8.03 Å². The molecular formula is C25H24O4P+. The molecule has 1 unspecified atom stereocenters. The average Bonchev–Trinajstić information content (AvgIpc) is 2.74. The molecule has 0 aromatic heterocycles. The van der Waals surface area contributed by atoms with Crippen molar-refractivity contribution in [2.45, 2.75) is 27.7 Å². The molecule has 4 nitrogen and oxygen atoms in total. The molecule has 3 aromatic rings. The summed E-state index contributed by atoms with van der Waals surface area (Å²) in [6.07, 6.45) is 0. The van der Waals surface area contributed by atoms with Crippen LogP contribution in [0.15, 0.2) is 60.7 Å². The summed E-state index contributed by atoms with van der Waals surface area (Å²) in [7, 11) is -1.92. The molecule has 5 heteroatoms. The standard InChI is InChI=1S/C25H24O4P/c1-5-29-30(28)21-13-11-20(12-14-21)25(27)23-17(3)15-16(2)22(18(23)4)24(26)19-9-7-6-8-10-19/h6-15H,5H2,1-4H3/q+1. The van der Waals surface area contributed by atoms with Crippen LogP contribution in [0, 0.1) is 20.8 Å². The summed E-state index contributed by atoms with van der Waals surface area (Å²) in [6, 6.07) is 17.6. The van der Waals surface area contributed by atoms with Crippen LogP contribution < -0.4 is 5.30 Å². The Morgan fingerprint density at radius 2 is 1.30 bits per heavy atom. The van der Waals surface area contributed by atoms with Gasteiger partial charge in [0.1, 0.15) is 6.61 Å². The van der Waals surface area contributed by atoms with Crippen molar-refractivity contribution < 1.29 is 18.7 Å². The SMILES string of the molecule is CCO[P+](=O)c1ccc(C(=O)c2c(C)cc(C)c(C(=O)c3ccccc3)c2C)cc1. The Labute approximate surface area is 177 Å². The van der Waals surface area contributed by atoms with Gasteiger partial charge in [-0.15, -0.1) is 4.52 Å². The molecular weight excluding hydrogens is 395 g/mol. The summed E-state index contributed by atoms with van der Waals surface area (Å²) in [4.78, 5) is 26.4. The van der Waals surface area contributed by atoms with Gasteiger partial charge in [-0.25, -0.2) is 0 Å². The zero-order chi connectivity index (χ0) is 21.8. The van der Waals surface area contributed by atoms with Crippen molar-refractivity contribution in [2.75, 3.05) is 6.61 Å². The maximum atomic E-state index is 13.3. The lowest BCUT2D eigenvalue weighted by Crippen LogP contribution is -2.14. The fourth-order valence-electron chi connectivity index (χ4n) is 3.69. The molecule has 0 radical (unpaired) electrons. The molecule has 0 saturated heterocycles. The topological polar surface area (TPSA) is 60.4 Å².